The zero-order valence-corrected chi connectivity index (χ0v) is 11.7. The molecule has 1 N–H and O–H groups in total. The lowest BCUT2D eigenvalue weighted by molar-refractivity contribution is -0.125. The third kappa shape index (κ3) is 3.70. The van der Waals surface area contributed by atoms with Gasteiger partial charge in [0.25, 0.3) is 0 Å². The van der Waals surface area contributed by atoms with E-state index < -0.39 is 0 Å². The monoisotopic (exact) mass is 262 g/mol. The average molecular weight is 262 g/mol. The van der Waals surface area contributed by atoms with Crippen molar-refractivity contribution < 1.29 is 9.53 Å². The molecule has 104 valence electrons. The minimum absolute atomic E-state index is 0.0195. The van der Waals surface area contributed by atoms with Crippen LogP contribution < -0.4 is 10.1 Å². The van der Waals surface area contributed by atoms with Gasteiger partial charge in [-0.3, -0.25) is 9.69 Å². The van der Waals surface area contributed by atoms with E-state index in [1.165, 1.54) is 5.56 Å². The molecule has 0 spiro atoms. The summed E-state index contributed by atoms with van der Waals surface area (Å²) < 4.78 is 5.74. The molecule has 1 heterocycles. The van der Waals surface area contributed by atoms with Crippen molar-refractivity contribution in [2.45, 2.75) is 25.8 Å². The maximum Gasteiger partial charge on any atom is 0.237 e. The summed E-state index contributed by atoms with van der Waals surface area (Å²) in [4.78, 5) is 13.9. The first-order valence-corrected chi connectivity index (χ1v) is 6.86. The first-order chi connectivity index (χ1) is 9.20. The van der Waals surface area contributed by atoms with Gasteiger partial charge in [0.2, 0.25) is 5.91 Å². The predicted octanol–water partition coefficient (Wildman–Crippen LogP) is 1.58. The van der Waals surface area contributed by atoms with Gasteiger partial charge >= 0.3 is 0 Å². The molecule has 1 amide bonds. The molecular formula is C15H22N2O2. The van der Waals surface area contributed by atoms with Crippen LogP contribution in [0.3, 0.4) is 0 Å². The van der Waals surface area contributed by atoms with Crippen LogP contribution in [0.5, 0.6) is 5.75 Å². The molecule has 4 nitrogen and oxygen atoms in total. The number of nitrogens with one attached hydrogen (secondary N) is 1. The number of hydrogen-bond acceptors (Lipinski definition) is 3. The van der Waals surface area contributed by atoms with Crippen LogP contribution in [0, 0.1) is 6.92 Å². The van der Waals surface area contributed by atoms with E-state index in [-0.39, 0.29) is 11.9 Å². The summed E-state index contributed by atoms with van der Waals surface area (Å²) in [5.41, 5.74) is 1.20. The molecule has 1 aromatic carbocycles. The summed E-state index contributed by atoms with van der Waals surface area (Å²) in [6.45, 7) is 4.45. The van der Waals surface area contributed by atoms with Crippen LogP contribution in [-0.2, 0) is 4.79 Å². The van der Waals surface area contributed by atoms with E-state index in [4.69, 9.17) is 4.74 Å². The Morgan fingerprint density at radius 2 is 2.37 bits per heavy atom. The van der Waals surface area contributed by atoms with Crippen molar-refractivity contribution in [3.05, 3.63) is 29.8 Å². The average Bonchev–Trinajstić information content (AvgIpc) is 2.86. The van der Waals surface area contributed by atoms with E-state index in [9.17, 15) is 4.79 Å². The highest BCUT2D eigenvalue weighted by molar-refractivity contribution is 5.81. The topological polar surface area (TPSA) is 41.6 Å². The molecular weight excluding hydrogens is 240 g/mol. The van der Waals surface area contributed by atoms with Gasteiger partial charge in [0.15, 0.2) is 0 Å². The number of likely N-dealkylation sites (N-methyl/N-ethyl adjacent to an activating group) is 1. The standard InChI is InChI=1S/C15H22N2O2/c1-12-5-3-6-13(11-12)19-10-9-17-8-4-7-14(17)15(18)16-2/h3,5-6,11,14H,4,7-10H2,1-2H3,(H,16,18). The molecule has 0 saturated carbocycles. The zero-order chi connectivity index (χ0) is 13.7. The van der Waals surface area contributed by atoms with E-state index in [0.29, 0.717) is 6.61 Å². The number of likely N-dealkylation sites (tertiary alicyclic amines) is 1. The van der Waals surface area contributed by atoms with Gasteiger partial charge in [-0.2, -0.15) is 0 Å². The van der Waals surface area contributed by atoms with Gasteiger partial charge in [-0.1, -0.05) is 12.1 Å². The Morgan fingerprint density at radius 1 is 1.53 bits per heavy atom. The number of carbonyl (C=O) groups is 1. The Hall–Kier alpha value is -1.55. The van der Waals surface area contributed by atoms with E-state index in [1.807, 2.05) is 18.2 Å². The summed E-state index contributed by atoms with van der Waals surface area (Å²) in [6.07, 6.45) is 2.03. The van der Waals surface area contributed by atoms with Gasteiger partial charge in [0.1, 0.15) is 12.4 Å². The molecule has 19 heavy (non-hydrogen) atoms. The predicted molar refractivity (Wildman–Crippen MR) is 75.3 cm³/mol. The largest absolute Gasteiger partial charge is 0.492 e. The van der Waals surface area contributed by atoms with Gasteiger partial charge in [-0.15, -0.1) is 0 Å². The molecule has 1 fully saturated rings. The highest BCUT2D eigenvalue weighted by Crippen LogP contribution is 2.17. The lowest BCUT2D eigenvalue weighted by Gasteiger charge is -2.22. The number of ether oxygens (including phenoxy) is 1. The summed E-state index contributed by atoms with van der Waals surface area (Å²) in [6, 6.07) is 8.06. The van der Waals surface area contributed by atoms with Crippen molar-refractivity contribution in [1.29, 1.82) is 0 Å². The number of hydrogen-bond donors (Lipinski definition) is 1. The van der Waals surface area contributed by atoms with Gasteiger partial charge in [0.05, 0.1) is 6.04 Å². The molecule has 1 aliphatic heterocycles. The zero-order valence-electron chi connectivity index (χ0n) is 11.7. The van der Waals surface area contributed by atoms with Gasteiger partial charge in [-0.05, 0) is 44.0 Å². The lowest BCUT2D eigenvalue weighted by atomic mass is 10.2. The van der Waals surface area contributed by atoms with Crippen LogP contribution in [0.1, 0.15) is 18.4 Å². The van der Waals surface area contributed by atoms with Crippen molar-refractivity contribution in [1.82, 2.24) is 10.2 Å². The normalized spacial score (nSPS) is 19.4. The molecule has 1 atom stereocenters. The Morgan fingerprint density at radius 3 is 3.11 bits per heavy atom. The SMILES string of the molecule is CNC(=O)C1CCCN1CCOc1cccc(C)c1. The molecule has 0 bridgehead atoms. The Kier molecular flexibility index (Phi) is 4.80. The second-order valence-corrected chi connectivity index (χ2v) is 4.97. The van der Waals surface area contributed by atoms with E-state index in [2.05, 4.69) is 23.2 Å². The van der Waals surface area contributed by atoms with Crippen molar-refractivity contribution in [3.63, 3.8) is 0 Å². The van der Waals surface area contributed by atoms with Gasteiger partial charge < -0.3 is 10.1 Å². The molecule has 4 heteroatoms. The number of aryl methyl sites for hydroxylation is 1. The molecule has 1 unspecified atom stereocenters. The number of carbonyl (C=O) groups excluding carboxylic acids is 1. The first kappa shape index (κ1) is 13.9. The Balaban J connectivity index is 1.80. The molecule has 0 radical (unpaired) electrons. The second-order valence-electron chi connectivity index (χ2n) is 4.97. The highest BCUT2D eigenvalue weighted by Gasteiger charge is 2.29. The van der Waals surface area contributed by atoms with E-state index in [1.54, 1.807) is 7.05 Å². The van der Waals surface area contributed by atoms with Crippen LogP contribution in [0.15, 0.2) is 24.3 Å². The molecule has 1 aromatic rings. The number of amides is 1. The summed E-state index contributed by atoms with van der Waals surface area (Å²) in [7, 11) is 1.70. The van der Waals surface area contributed by atoms with Crippen molar-refractivity contribution in [2.75, 3.05) is 26.7 Å². The third-order valence-corrected chi connectivity index (χ3v) is 3.55. The van der Waals surface area contributed by atoms with Crippen molar-refractivity contribution in [3.8, 4) is 5.75 Å². The van der Waals surface area contributed by atoms with Gasteiger partial charge in [0, 0.05) is 13.6 Å². The minimum atomic E-state index is 0.0195. The fraction of sp³-hybridized carbons (Fsp3) is 0.533. The molecule has 0 aromatic heterocycles. The Labute approximate surface area is 114 Å². The third-order valence-electron chi connectivity index (χ3n) is 3.55. The van der Waals surface area contributed by atoms with Crippen LogP contribution in [0.2, 0.25) is 0 Å². The van der Waals surface area contributed by atoms with E-state index >= 15 is 0 Å². The molecule has 1 aliphatic rings. The van der Waals surface area contributed by atoms with Crippen molar-refractivity contribution >= 4 is 5.91 Å². The fourth-order valence-electron chi connectivity index (χ4n) is 2.54. The summed E-state index contributed by atoms with van der Waals surface area (Å²) in [5, 5.41) is 2.73. The molecule has 2 rings (SSSR count). The number of benzene rings is 1. The Bertz CT molecular complexity index is 434. The minimum Gasteiger partial charge on any atom is -0.492 e. The van der Waals surface area contributed by atoms with Crippen molar-refractivity contribution in [2.24, 2.45) is 0 Å². The summed E-state index contributed by atoms with van der Waals surface area (Å²) in [5.74, 6) is 1.02. The van der Waals surface area contributed by atoms with Gasteiger partial charge in [-0.25, -0.2) is 0 Å². The summed E-state index contributed by atoms with van der Waals surface area (Å²) >= 11 is 0. The maximum absolute atomic E-state index is 11.7. The van der Waals surface area contributed by atoms with E-state index in [0.717, 1.165) is 31.7 Å². The van der Waals surface area contributed by atoms with Crippen LogP contribution in [-0.4, -0.2) is 43.6 Å². The smallest absolute Gasteiger partial charge is 0.237 e. The quantitative estimate of drug-likeness (QED) is 0.876. The first-order valence-electron chi connectivity index (χ1n) is 6.86. The highest BCUT2D eigenvalue weighted by atomic mass is 16.5. The number of nitrogens with zero attached hydrogens (tertiary/aromatic N) is 1. The fourth-order valence-corrected chi connectivity index (χ4v) is 2.54. The lowest BCUT2D eigenvalue weighted by Crippen LogP contribution is -2.43. The maximum atomic E-state index is 11.7. The molecule has 1 saturated heterocycles. The molecule has 0 aliphatic carbocycles. The second kappa shape index (κ2) is 6.57. The van der Waals surface area contributed by atoms with Crippen LogP contribution in [0.25, 0.3) is 0 Å². The van der Waals surface area contributed by atoms with Crippen LogP contribution in [0.4, 0.5) is 0 Å². The van der Waals surface area contributed by atoms with Crippen LogP contribution >= 0.6 is 0 Å². The number of rotatable bonds is 5.